The molecule has 0 aliphatic carbocycles. The van der Waals surface area contributed by atoms with Crippen LogP contribution in [-0.4, -0.2) is 45.0 Å². The van der Waals surface area contributed by atoms with Gasteiger partial charge >= 0.3 is 18.2 Å². The quantitative estimate of drug-likeness (QED) is 0.824. The standard InChI is InChI=1S/C17H16F3N3O4/c1-2-27-15(24)12-8-21-23(14(12)17(18,19)20)13-5-3-4-10-9-22(16(25)26)7-6-11(10)13/h3-5,8H,2,6-7,9H2,1H3,(H,25,26). The summed E-state index contributed by atoms with van der Waals surface area (Å²) in [6, 6.07) is 4.66. The molecule has 27 heavy (non-hydrogen) atoms. The molecule has 1 aliphatic heterocycles. The summed E-state index contributed by atoms with van der Waals surface area (Å²) in [5.41, 5.74) is -0.540. The highest BCUT2D eigenvalue weighted by atomic mass is 19.4. The molecule has 1 aromatic carbocycles. The SMILES string of the molecule is CCOC(=O)c1cnn(-c2cccc3c2CCN(C(=O)O)C3)c1C(F)(F)F. The van der Waals surface area contributed by atoms with Crippen LogP contribution in [0.15, 0.2) is 24.4 Å². The number of fused-ring (bicyclic) bond motifs is 1. The number of carbonyl (C=O) groups excluding carboxylic acids is 1. The van der Waals surface area contributed by atoms with Crippen LogP contribution in [0.2, 0.25) is 0 Å². The second-order valence-corrected chi connectivity index (χ2v) is 5.91. The number of amides is 1. The van der Waals surface area contributed by atoms with E-state index in [1.54, 1.807) is 6.07 Å². The fourth-order valence-electron chi connectivity index (χ4n) is 3.11. The number of hydrogen-bond acceptors (Lipinski definition) is 4. The molecule has 0 unspecified atom stereocenters. The monoisotopic (exact) mass is 383 g/mol. The summed E-state index contributed by atoms with van der Waals surface area (Å²) in [6.45, 7) is 1.67. The summed E-state index contributed by atoms with van der Waals surface area (Å²) in [4.78, 5) is 24.3. The maximum atomic E-state index is 13.7. The second-order valence-electron chi connectivity index (χ2n) is 5.91. The zero-order valence-electron chi connectivity index (χ0n) is 14.3. The van der Waals surface area contributed by atoms with Crippen molar-refractivity contribution >= 4 is 12.1 Å². The van der Waals surface area contributed by atoms with Gasteiger partial charge in [0.15, 0.2) is 5.69 Å². The Morgan fingerprint density at radius 1 is 1.33 bits per heavy atom. The molecular weight excluding hydrogens is 367 g/mol. The van der Waals surface area contributed by atoms with E-state index in [0.717, 1.165) is 6.20 Å². The average Bonchev–Trinajstić information content (AvgIpc) is 3.06. The average molecular weight is 383 g/mol. The third kappa shape index (κ3) is 3.46. The van der Waals surface area contributed by atoms with Crippen LogP contribution in [0.4, 0.5) is 18.0 Å². The van der Waals surface area contributed by atoms with E-state index >= 15 is 0 Å². The van der Waals surface area contributed by atoms with Gasteiger partial charge in [-0.05, 0) is 30.5 Å². The third-order valence-corrected chi connectivity index (χ3v) is 4.27. The van der Waals surface area contributed by atoms with Crippen molar-refractivity contribution in [2.45, 2.75) is 26.1 Å². The molecule has 10 heteroatoms. The van der Waals surface area contributed by atoms with Crippen LogP contribution in [0.25, 0.3) is 5.69 Å². The Kier molecular flexibility index (Phi) is 4.81. The number of alkyl halides is 3. The molecule has 0 fully saturated rings. The van der Waals surface area contributed by atoms with Crippen molar-refractivity contribution in [3.8, 4) is 5.69 Å². The summed E-state index contributed by atoms with van der Waals surface area (Å²) in [5.74, 6) is -1.10. The van der Waals surface area contributed by atoms with Crippen molar-refractivity contribution in [3.05, 3.63) is 46.8 Å². The molecule has 144 valence electrons. The Morgan fingerprint density at radius 2 is 2.07 bits per heavy atom. The van der Waals surface area contributed by atoms with Gasteiger partial charge in [-0.1, -0.05) is 12.1 Å². The summed E-state index contributed by atoms with van der Waals surface area (Å²) in [7, 11) is 0. The molecule has 0 radical (unpaired) electrons. The molecule has 2 heterocycles. The van der Waals surface area contributed by atoms with Gasteiger partial charge in [0, 0.05) is 13.1 Å². The van der Waals surface area contributed by atoms with Crippen molar-refractivity contribution in [3.63, 3.8) is 0 Å². The highest BCUT2D eigenvalue weighted by Gasteiger charge is 2.41. The number of carboxylic acid groups (broad SMARTS) is 1. The largest absolute Gasteiger partial charge is 0.465 e. The fraction of sp³-hybridized carbons (Fsp3) is 0.353. The lowest BCUT2D eigenvalue weighted by Gasteiger charge is -2.28. The van der Waals surface area contributed by atoms with E-state index in [2.05, 4.69) is 5.10 Å². The first-order chi connectivity index (χ1) is 12.7. The van der Waals surface area contributed by atoms with Gasteiger partial charge in [-0.15, -0.1) is 0 Å². The highest BCUT2D eigenvalue weighted by molar-refractivity contribution is 5.90. The lowest BCUT2D eigenvalue weighted by Crippen LogP contribution is -2.35. The van der Waals surface area contributed by atoms with Gasteiger partial charge in [-0.25, -0.2) is 14.3 Å². The van der Waals surface area contributed by atoms with E-state index in [1.807, 2.05) is 0 Å². The lowest BCUT2D eigenvalue weighted by atomic mass is 9.98. The number of esters is 1. The minimum absolute atomic E-state index is 0.0624. The number of carbonyl (C=O) groups is 2. The van der Waals surface area contributed by atoms with Gasteiger partial charge in [0.05, 0.1) is 18.5 Å². The van der Waals surface area contributed by atoms with Crippen LogP contribution >= 0.6 is 0 Å². The highest BCUT2D eigenvalue weighted by Crippen LogP contribution is 2.35. The van der Waals surface area contributed by atoms with Crippen molar-refractivity contribution < 1.29 is 32.6 Å². The zero-order valence-corrected chi connectivity index (χ0v) is 14.3. The van der Waals surface area contributed by atoms with Crippen molar-refractivity contribution in [1.82, 2.24) is 14.7 Å². The maximum absolute atomic E-state index is 13.7. The van der Waals surface area contributed by atoms with E-state index in [9.17, 15) is 22.8 Å². The summed E-state index contributed by atoms with van der Waals surface area (Å²) in [5, 5.41) is 12.9. The number of nitrogens with zero attached hydrogens (tertiary/aromatic N) is 3. The molecule has 3 rings (SSSR count). The van der Waals surface area contributed by atoms with Crippen LogP contribution in [0, 0.1) is 0 Å². The topological polar surface area (TPSA) is 84.7 Å². The number of hydrogen-bond donors (Lipinski definition) is 1. The molecule has 1 amide bonds. The molecule has 0 spiro atoms. The Hall–Kier alpha value is -3.04. The van der Waals surface area contributed by atoms with Crippen molar-refractivity contribution in [1.29, 1.82) is 0 Å². The normalized spacial score (nSPS) is 14.0. The van der Waals surface area contributed by atoms with Crippen molar-refractivity contribution in [2.24, 2.45) is 0 Å². The first-order valence-corrected chi connectivity index (χ1v) is 8.15. The van der Waals surface area contributed by atoms with E-state index < -0.39 is 29.5 Å². The number of halogens is 3. The third-order valence-electron chi connectivity index (χ3n) is 4.27. The van der Waals surface area contributed by atoms with Gasteiger partial charge in [0.25, 0.3) is 0 Å². The fourth-order valence-corrected chi connectivity index (χ4v) is 3.11. The van der Waals surface area contributed by atoms with Crippen molar-refractivity contribution in [2.75, 3.05) is 13.2 Å². The van der Waals surface area contributed by atoms with Crippen LogP contribution in [0.5, 0.6) is 0 Å². The molecule has 0 saturated carbocycles. The Labute approximate surface area is 151 Å². The molecule has 2 aromatic rings. The van der Waals surface area contributed by atoms with E-state index in [0.29, 0.717) is 15.8 Å². The van der Waals surface area contributed by atoms with Crippen LogP contribution in [0.1, 0.15) is 34.1 Å². The minimum Gasteiger partial charge on any atom is -0.465 e. The summed E-state index contributed by atoms with van der Waals surface area (Å²) >= 11 is 0. The Balaban J connectivity index is 2.12. The minimum atomic E-state index is -4.83. The first kappa shape index (κ1) is 18.7. The van der Waals surface area contributed by atoms with Gasteiger partial charge in [-0.2, -0.15) is 18.3 Å². The lowest BCUT2D eigenvalue weighted by molar-refractivity contribution is -0.143. The number of ether oxygens (including phenoxy) is 1. The summed E-state index contributed by atoms with van der Waals surface area (Å²) in [6.07, 6.45) is -4.84. The van der Waals surface area contributed by atoms with E-state index in [4.69, 9.17) is 9.84 Å². The summed E-state index contributed by atoms with van der Waals surface area (Å²) < 4.78 is 46.4. The molecule has 0 bridgehead atoms. The molecule has 1 aromatic heterocycles. The number of aromatic nitrogens is 2. The molecule has 0 atom stereocenters. The first-order valence-electron chi connectivity index (χ1n) is 8.15. The molecule has 7 nitrogen and oxygen atoms in total. The molecule has 1 aliphatic rings. The van der Waals surface area contributed by atoms with Crippen LogP contribution in [-0.2, 0) is 23.9 Å². The Bertz CT molecular complexity index is 892. The van der Waals surface area contributed by atoms with Crippen LogP contribution in [0.3, 0.4) is 0 Å². The van der Waals surface area contributed by atoms with E-state index in [-0.39, 0.29) is 31.8 Å². The number of rotatable bonds is 3. The van der Waals surface area contributed by atoms with E-state index in [1.165, 1.54) is 24.0 Å². The zero-order chi connectivity index (χ0) is 19.8. The van der Waals surface area contributed by atoms with Gasteiger partial charge in [0.2, 0.25) is 0 Å². The number of benzene rings is 1. The predicted molar refractivity (Wildman–Crippen MR) is 86.7 cm³/mol. The van der Waals surface area contributed by atoms with Gasteiger partial charge in [0.1, 0.15) is 5.56 Å². The van der Waals surface area contributed by atoms with Crippen LogP contribution < -0.4 is 0 Å². The Morgan fingerprint density at radius 3 is 2.70 bits per heavy atom. The predicted octanol–water partition coefficient (Wildman–Crippen LogP) is 3.10. The second kappa shape index (κ2) is 6.93. The smallest absolute Gasteiger partial charge is 0.434 e. The maximum Gasteiger partial charge on any atom is 0.434 e. The molecule has 1 N–H and O–H groups in total. The molecule has 0 saturated heterocycles. The van der Waals surface area contributed by atoms with Gasteiger partial charge in [-0.3, -0.25) is 0 Å². The molecular formula is C17H16F3N3O4. The van der Waals surface area contributed by atoms with Gasteiger partial charge < -0.3 is 14.7 Å².